The standard InChI is InChI=1S/C9H8BrFO2/c1-13-9(10)7-4-2-3-6(5-12)8(7)11/h2-4,8-9H,1H3. The van der Waals surface area contributed by atoms with Gasteiger partial charge in [-0.2, -0.15) is 0 Å². The van der Waals surface area contributed by atoms with Crippen molar-refractivity contribution in [1.29, 1.82) is 0 Å². The van der Waals surface area contributed by atoms with E-state index in [9.17, 15) is 9.18 Å². The molecule has 0 aliphatic heterocycles. The number of carbonyl (C=O) groups excluding carboxylic acids is 1. The molecule has 0 aromatic rings. The van der Waals surface area contributed by atoms with Crippen LogP contribution in [0.15, 0.2) is 29.4 Å². The van der Waals surface area contributed by atoms with Gasteiger partial charge in [-0.25, -0.2) is 9.18 Å². The highest BCUT2D eigenvalue weighted by atomic mass is 79.9. The molecule has 2 atom stereocenters. The lowest BCUT2D eigenvalue weighted by Crippen LogP contribution is -2.19. The third-order valence-electron chi connectivity index (χ3n) is 1.72. The van der Waals surface area contributed by atoms with E-state index in [2.05, 4.69) is 15.9 Å². The summed E-state index contributed by atoms with van der Waals surface area (Å²) in [7, 11) is 1.45. The first kappa shape index (κ1) is 10.4. The highest BCUT2D eigenvalue weighted by Gasteiger charge is 2.25. The molecule has 1 aliphatic rings. The van der Waals surface area contributed by atoms with E-state index >= 15 is 0 Å². The Bertz CT molecular complexity index is 303. The molecule has 0 radical (unpaired) electrons. The van der Waals surface area contributed by atoms with E-state index in [4.69, 9.17) is 4.74 Å². The molecular weight excluding hydrogens is 239 g/mol. The summed E-state index contributed by atoms with van der Waals surface area (Å²) in [6, 6.07) is 0. The molecule has 0 bridgehead atoms. The van der Waals surface area contributed by atoms with Crippen LogP contribution >= 0.6 is 15.9 Å². The van der Waals surface area contributed by atoms with Crippen LogP contribution in [0.4, 0.5) is 4.39 Å². The zero-order valence-electron chi connectivity index (χ0n) is 6.96. The van der Waals surface area contributed by atoms with Crippen molar-refractivity contribution in [3.63, 3.8) is 0 Å². The minimum Gasteiger partial charge on any atom is -0.366 e. The molecule has 0 aromatic heterocycles. The van der Waals surface area contributed by atoms with Crippen molar-refractivity contribution in [2.45, 2.75) is 11.2 Å². The molecule has 4 heteroatoms. The normalized spacial score (nSPS) is 23.8. The highest BCUT2D eigenvalue weighted by Crippen LogP contribution is 2.26. The summed E-state index contributed by atoms with van der Waals surface area (Å²) in [4.78, 5) is 10.3. The van der Waals surface area contributed by atoms with E-state index in [0.29, 0.717) is 5.57 Å². The van der Waals surface area contributed by atoms with Crippen molar-refractivity contribution in [3.8, 4) is 0 Å². The first-order valence-electron chi connectivity index (χ1n) is 3.64. The summed E-state index contributed by atoms with van der Waals surface area (Å²) in [6.45, 7) is 0. The fourth-order valence-corrected chi connectivity index (χ4v) is 1.41. The van der Waals surface area contributed by atoms with Crippen LogP contribution in [-0.4, -0.2) is 24.2 Å². The second-order valence-corrected chi connectivity index (χ2v) is 3.33. The Morgan fingerprint density at radius 1 is 1.77 bits per heavy atom. The fraction of sp³-hybridized carbons (Fsp3) is 0.333. The van der Waals surface area contributed by atoms with Gasteiger partial charge in [-0.3, -0.25) is 0 Å². The molecular formula is C9H8BrFO2. The van der Waals surface area contributed by atoms with Gasteiger partial charge in [-0.15, -0.1) is 0 Å². The summed E-state index contributed by atoms with van der Waals surface area (Å²) in [5.41, 5.74) is 0.377. The van der Waals surface area contributed by atoms with Crippen LogP contribution in [0.2, 0.25) is 0 Å². The summed E-state index contributed by atoms with van der Waals surface area (Å²) in [6.07, 6.45) is 3.15. The number of ether oxygens (including phenoxy) is 1. The fourth-order valence-electron chi connectivity index (χ4n) is 1.02. The third-order valence-corrected chi connectivity index (χ3v) is 2.62. The van der Waals surface area contributed by atoms with E-state index < -0.39 is 11.2 Å². The van der Waals surface area contributed by atoms with Crippen LogP contribution in [0.1, 0.15) is 0 Å². The summed E-state index contributed by atoms with van der Waals surface area (Å²) >= 11 is 3.13. The smallest absolute Gasteiger partial charge is 0.160 e. The molecule has 0 saturated carbocycles. The maximum atomic E-state index is 13.4. The van der Waals surface area contributed by atoms with Gasteiger partial charge in [0.2, 0.25) is 0 Å². The average Bonchev–Trinajstić information content (AvgIpc) is 2.17. The largest absolute Gasteiger partial charge is 0.366 e. The molecule has 0 N–H and O–H groups in total. The van der Waals surface area contributed by atoms with Crippen LogP contribution in [0, 0.1) is 0 Å². The monoisotopic (exact) mass is 246 g/mol. The predicted octanol–water partition coefficient (Wildman–Crippen LogP) is 1.95. The lowest BCUT2D eigenvalue weighted by molar-refractivity contribution is 0.191. The number of halogens is 2. The Labute approximate surface area is 83.9 Å². The number of hydrogen-bond donors (Lipinski definition) is 0. The summed E-state index contributed by atoms with van der Waals surface area (Å²) < 4.78 is 18.3. The van der Waals surface area contributed by atoms with Gasteiger partial charge >= 0.3 is 0 Å². The predicted molar refractivity (Wildman–Crippen MR) is 51.0 cm³/mol. The Balaban J connectivity index is 2.93. The first-order valence-corrected chi connectivity index (χ1v) is 4.56. The number of allylic oxidation sites excluding steroid dienone is 4. The van der Waals surface area contributed by atoms with E-state index in [0.717, 1.165) is 0 Å². The van der Waals surface area contributed by atoms with Crippen molar-refractivity contribution in [2.75, 3.05) is 7.11 Å². The molecule has 2 unspecified atom stereocenters. The van der Waals surface area contributed by atoms with Gasteiger partial charge in [0.1, 0.15) is 11.0 Å². The van der Waals surface area contributed by atoms with Crippen molar-refractivity contribution < 1.29 is 13.9 Å². The lowest BCUT2D eigenvalue weighted by Gasteiger charge is -2.18. The second kappa shape index (κ2) is 4.51. The topological polar surface area (TPSA) is 26.3 Å². The van der Waals surface area contributed by atoms with Gasteiger partial charge in [0.25, 0.3) is 0 Å². The SMILES string of the molecule is COC(Br)C1=CC=CC(=C=O)C1F. The molecule has 2 nitrogen and oxygen atoms in total. The summed E-state index contributed by atoms with van der Waals surface area (Å²) in [5, 5.41) is -0.504. The minimum absolute atomic E-state index is 0.000926. The molecule has 0 aromatic carbocycles. The Morgan fingerprint density at radius 2 is 2.46 bits per heavy atom. The molecule has 70 valence electrons. The zero-order valence-corrected chi connectivity index (χ0v) is 8.55. The molecule has 0 spiro atoms. The third kappa shape index (κ3) is 2.15. The van der Waals surface area contributed by atoms with E-state index in [1.54, 1.807) is 18.1 Å². The Kier molecular flexibility index (Phi) is 3.60. The summed E-state index contributed by atoms with van der Waals surface area (Å²) in [5.74, 6) is 1.55. The zero-order chi connectivity index (χ0) is 9.84. The van der Waals surface area contributed by atoms with Crippen molar-refractivity contribution in [2.24, 2.45) is 0 Å². The molecule has 1 aliphatic carbocycles. The second-order valence-electron chi connectivity index (χ2n) is 2.50. The first-order chi connectivity index (χ1) is 6.20. The van der Waals surface area contributed by atoms with Crippen LogP contribution in [0.3, 0.4) is 0 Å². The molecule has 13 heavy (non-hydrogen) atoms. The average molecular weight is 247 g/mol. The lowest BCUT2D eigenvalue weighted by atomic mass is 9.99. The van der Waals surface area contributed by atoms with Crippen molar-refractivity contribution in [3.05, 3.63) is 29.4 Å². The van der Waals surface area contributed by atoms with Crippen LogP contribution < -0.4 is 0 Å². The van der Waals surface area contributed by atoms with Gasteiger partial charge < -0.3 is 4.74 Å². The molecule has 0 fully saturated rings. The highest BCUT2D eigenvalue weighted by molar-refractivity contribution is 9.09. The van der Waals surface area contributed by atoms with Gasteiger partial charge in [-0.05, 0) is 6.08 Å². The maximum absolute atomic E-state index is 13.4. The van der Waals surface area contributed by atoms with Crippen molar-refractivity contribution in [1.82, 2.24) is 0 Å². The number of rotatable bonds is 2. The molecule has 1 rings (SSSR count). The van der Waals surface area contributed by atoms with Crippen LogP contribution in [-0.2, 0) is 9.53 Å². The minimum atomic E-state index is -1.42. The van der Waals surface area contributed by atoms with Crippen LogP contribution in [0.25, 0.3) is 0 Å². The quantitative estimate of drug-likeness (QED) is 0.550. The van der Waals surface area contributed by atoms with E-state index in [-0.39, 0.29) is 5.57 Å². The van der Waals surface area contributed by atoms with E-state index in [1.165, 1.54) is 13.2 Å². The van der Waals surface area contributed by atoms with Gasteiger partial charge in [-0.1, -0.05) is 28.1 Å². The molecule has 0 amide bonds. The van der Waals surface area contributed by atoms with Gasteiger partial charge in [0, 0.05) is 12.7 Å². The number of alkyl halides is 2. The van der Waals surface area contributed by atoms with Gasteiger partial charge in [0.05, 0.1) is 5.57 Å². The Hall–Kier alpha value is -0.700. The van der Waals surface area contributed by atoms with Gasteiger partial charge in [0.15, 0.2) is 6.17 Å². The Morgan fingerprint density at radius 3 is 3.00 bits per heavy atom. The van der Waals surface area contributed by atoms with E-state index in [1.807, 2.05) is 0 Å². The molecule has 0 heterocycles. The van der Waals surface area contributed by atoms with Crippen molar-refractivity contribution >= 4 is 21.9 Å². The maximum Gasteiger partial charge on any atom is 0.160 e. The number of methoxy groups -OCH3 is 1. The molecule has 0 saturated heterocycles. The number of hydrogen-bond acceptors (Lipinski definition) is 2. The van der Waals surface area contributed by atoms with Crippen LogP contribution in [0.5, 0.6) is 0 Å².